The molecule has 0 aliphatic carbocycles. The second kappa shape index (κ2) is 8.04. The fourth-order valence-corrected chi connectivity index (χ4v) is 2.67. The van der Waals surface area contributed by atoms with Crippen LogP contribution in [0.15, 0.2) is 42.5 Å². The molecule has 0 bridgehead atoms. The smallest absolute Gasteiger partial charge is 0.305 e. The van der Waals surface area contributed by atoms with Crippen molar-refractivity contribution in [2.24, 2.45) is 0 Å². The van der Waals surface area contributed by atoms with Gasteiger partial charge in [0.05, 0.1) is 30.2 Å². The number of amides is 1. The summed E-state index contributed by atoms with van der Waals surface area (Å²) in [6.07, 6.45) is -0.261. The summed E-state index contributed by atoms with van der Waals surface area (Å²) in [6, 6.07) is 10.6. The van der Waals surface area contributed by atoms with Crippen LogP contribution in [0.25, 0.3) is 0 Å². The molecule has 0 aliphatic heterocycles. The van der Waals surface area contributed by atoms with Crippen molar-refractivity contribution in [1.82, 2.24) is 5.32 Å². The highest BCUT2D eigenvalue weighted by atomic mass is 35.5. The summed E-state index contributed by atoms with van der Waals surface area (Å²) in [7, 11) is 1.54. The van der Waals surface area contributed by atoms with Gasteiger partial charge in [-0.05, 0) is 35.9 Å². The van der Waals surface area contributed by atoms with Gasteiger partial charge in [-0.15, -0.1) is 0 Å². The molecule has 1 amide bonds. The Kier molecular flexibility index (Phi) is 6.06. The van der Waals surface area contributed by atoms with Crippen molar-refractivity contribution < 1.29 is 19.4 Å². The standard InChI is InChI=1S/C17H15Cl2NO4/c1-24-12-5-2-10(3-6-12)15(9-16(21)22)20-17(23)13-7-4-11(18)8-14(13)19/h2-8,15H,9H2,1H3,(H,20,23)(H,21,22). The first-order chi connectivity index (χ1) is 11.4. The molecule has 0 aromatic heterocycles. The van der Waals surface area contributed by atoms with Crippen molar-refractivity contribution >= 4 is 35.1 Å². The summed E-state index contributed by atoms with van der Waals surface area (Å²) in [6.45, 7) is 0. The summed E-state index contributed by atoms with van der Waals surface area (Å²) in [5.41, 5.74) is 0.876. The summed E-state index contributed by atoms with van der Waals surface area (Å²) < 4.78 is 5.07. The first-order valence-corrected chi connectivity index (χ1v) is 7.78. The van der Waals surface area contributed by atoms with Crippen LogP contribution in [0.1, 0.15) is 28.4 Å². The zero-order valence-electron chi connectivity index (χ0n) is 12.8. The molecule has 0 saturated carbocycles. The van der Waals surface area contributed by atoms with Gasteiger partial charge < -0.3 is 15.2 Å². The van der Waals surface area contributed by atoms with Crippen molar-refractivity contribution in [3.05, 3.63) is 63.6 Å². The van der Waals surface area contributed by atoms with Crippen molar-refractivity contribution in [2.45, 2.75) is 12.5 Å². The van der Waals surface area contributed by atoms with Crippen LogP contribution in [0.5, 0.6) is 5.75 Å². The van der Waals surface area contributed by atoms with E-state index in [9.17, 15) is 9.59 Å². The highest BCUT2D eigenvalue weighted by Crippen LogP contribution is 2.24. The molecular weight excluding hydrogens is 353 g/mol. The number of hydrogen-bond donors (Lipinski definition) is 2. The Labute approximate surface area is 149 Å². The van der Waals surface area contributed by atoms with E-state index in [1.165, 1.54) is 19.2 Å². The third-order valence-corrected chi connectivity index (χ3v) is 3.93. The van der Waals surface area contributed by atoms with Crippen LogP contribution in [0.3, 0.4) is 0 Å². The van der Waals surface area contributed by atoms with E-state index in [0.29, 0.717) is 16.3 Å². The molecule has 0 fully saturated rings. The van der Waals surface area contributed by atoms with Gasteiger partial charge in [0.25, 0.3) is 5.91 Å². The molecule has 0 heterocycles. The predicted molar refractivity (Wildman–Crippen MR) is 91.9 cm³/mol. The average molecular weight is 368 g/mol. The summed E-state index contributed by atoms with van der Waals surface area (Å²) in [4.78, 5) is 23.5. The van der Waals surface area contributed by atoms with Crippen LogP contribution in [0.2, 0.25) is 10.0 Å². The van der Waals surface area contributed by atoms with Crippen molar-refractivity contribution in [1.29, 1.82) is 0 Å². The number of benzene rings is 2. The molecule has 2 aromatic carbocycles. The lowest BCUT2D eigenvalue weighted by molar-refractivity contribution is -0.137. The Morgan fingerprint density at radius 3 is 2.38 bits per heavy atom. The number of methoxy groups -OCH3 is 1. The topological polar surface area (TPSA) is 75.6 Å². The fourth-order valence-electron chi connectivity index (χ4n) is 2.17. The van der Waals surface area contributed by atoms with Gasteiger partial charge in [-0.1, -0.05) is 35.3 Å². The van der Waals surface area contributed by atoms with Crippen molar-refractivity contribution in [2.75, 3.05) is 7.11 Å². The number of halogens is 2. The zero-order chi connectivity index (χ0) is 17.7. The lowest BCUT2D eigenvalue weighted by atomic mass is 10.0. The van der Waals surface area contributed by atoms with E-state index in [-0.39, 0.29) is 17.0 Å². The summed E-state index contributed by atoms with van der Waals surface area (Å²) in [5, 5.41) is 12.4. The summed E-state index contributed by atoms with van der Waals surface area (Å²) in [5.74, 6) is -0.864. The third-order valence-electron chi connectivity index (χ3n) is 3.38. The van der Waals surface area contributed by atoms with Gasteiger partial charge in [0, 0.05) is 5.02 Å². The number of carboxylic acid groups (broad SMARTS) is 1. The molecule has 0 saturated heterocycles. The molecule has 1 atom stereocenters. The average Bonchev–Trinajstić information content (AvgIpc) is 2.53. The van der Waals surface area contributed by atoms with Crippen LogP contribution in [0, 0.1) is 0 Å². The highest BCUT2D eigenvalue weighted by Gasteiger charge is 2.20. The second-order valence-corrected chi connectivity index (χ2v) is 5.86. The quantitative estimate of drug-likeness (QED) is 0.810. The van der Waals surface area contributed by atoms with Gasteiger partial charge in [0.1, 0.15) is 5.75 Å². The molecule has 2 aromatic rings. The Morgan fingerprint density at radius 2 is 1.83 bits per heavy atom. The minimum absolute atomic E-state index is 0.198. The highest BCUT2D eigenvalue weighted by molar-refractivity contribution is 6.36. The third kappa shape index (κ3) is 4.63. The Morgan fingerprint density at radius 1 is 1.17 bits per heavy atom. The molecular formula is C17H15Cl2NO4. The number of aliphatic carboxylic acids is 1. The van der Waals surface area contributed by atoms with Gasteiger partial charge >= 0.3 is 5.97 Å². The van der Waals surface area contributed by atoms with Crippen LogP contribution in [0.4, 0.5) is 0 Å². The number of hydrogen-bond acceptors (Lipinski definition) is 3. The zero-order valence-corrected chi connectivity index (χ0v) is 14.3. The maximum absolute atomic E-state index is 12.4. The Hall–Kier alpha value is -2.24. The van der Waals surface area contributed by atoms with Gasteiger partial charge in [0.15, 0.2) is 0 Å². The molecule has 0 spiro atoms. The second-order valence-electron chi connectivity index (χ2n) is 5.02. The minimum atomic E-state index is -1.03. The minimum Gasteiger partial charge on any atom is -0.497 e. The normalized spacial score (nSPS) is 11.6. The van der Waals surface area contributed by atoms with E-state index in [1.54, 1.807) is 30.3 Å². The predicted octanol–water partition coefficient (Wildman–Crippen LogP) is 3.95. The molecule has 126 valence electrons. The molecule has 24 heavy (non-hydrogen) atoms. The molecule has 5 nitrogen and oxygen atoms in total. The number of carboxylic acids is 1. The van der Waals surface area contributed by atoms with Gasteiger partial charge in [-0.2, -0.15) is 0 Å². The van der Waals surface area contributed by atoms with E-state index in [0.717, 1.165) is 0 Å². The van der Waals surface area contributed by atoms with Crippen LogP contribution < -0.4 is 10.1 Å². The number of rotatable bonds is 6. The summed E-state index contributed by atoms with van der Waals surface area (Å²) >= 11 is 11.8. The van der Waals surface area contributed by atoms with Crippen molar-refractivity contribution in [3.8, 4) is 5.75 Å². The molecule has 0 radical (unpaired) electrons. The molecule has 1 unspecified atom stereocenters. The lowest BCUT2D eigenvalue weighted by Crippen LogP contribution is -2.30. The van der Waals surface area contributed by atoms with E-state index in [2.05, 4.69) is 5.32 Å². The lowest BCUT2D eigenvalue weighted by Gasteiger charge is -2.18. The van der Waals surface area contributed by atoms with E-state index in [1.807, 2.05) is 0 Å². The SMILES string of the molecule is COc1ccc(C(CC(=O)O)NC(=O)c2ccc(Cl)cc2Cl)cc1. The number of nitrogens with one attached hydrogen (secondary N) is 1. The van der Waals surface area contributed by atoms with Gasteiger partial charge in [-0.3, -0.25) is 9.59 Å². The fraction of sp³-hybridized carbons (Fsp3) is 0.176. The first kappa shape index (κ1) is 18.1. The number of carbonyl (C=O) groups excluding carboxylic acids is 1. The molecule has 7 heteroatoms. The molecule has 2 rings (SSSR count). The largest absolute Gasteiger partial charge is 0.497 e. The van der Waals surface area contributed by atoms with E-state index < -0.39 is 17.9 Å². The molecule has 2 N–H and O–H groups in total. The van der Waals surface area contributed by atoms with Crippen LogP contribution in [-0.4, -0.2) is 24.1 Å². The van der Waals surface area contributed by atoms with Crippen molar-refractivity contribution in [3.63, 3.8) is 0 Å². The monoisotopic (exact) mass is 367 g/mol. The van der Waals surface area contributed by atoms with Crippen LogP contribution >= 0.6 is 23.2 Å². The van der Waals surface area contributed by atoms with Crippen LogP contribution in [-0.2, 0) is 4.79 Å². The van der Waals surface area contributed by atoms with E-state index >= 15 is 0 Å². The van der Waals surface area contributed by atoms with E-state index in [4.69, 9.17) is 33.0 Å². The van der Waals surface area contributed by atoms with Gasteiger partial charge in [-0.25, -0.2) is 0 Å². The number of ether oxygens (including phenoxy) is 1. The first-order valence-electron chi connectivity index (χ1n) is 7.02. The Balaban J connectivity index is 2.24. The molecule has 0 aliphatic rings. The maximum atomic E-state index is 12.4. The Bertz CT molecular complexity index is 747. The van der Waals surface area contributed by atoms with Gasteiger partial charge in [0.2, 0.25) is 0 Å². The number of carbonyl (C=O) groups is 2. The maximum Gasteiger partial charge on any atom is 0.305 e.